The Morgan fingerprint density at radius 1 is 1.00 bits per heavy atom. The zero-order valence-electron chi connectivity index (χ0n) is 15.7. The summed E-state index contributed by atoms with van der Waals surface area (Å²) in [7, 11) is 0. The fourth-order valence-electron chi connectivity index (χ4n) is 5.14. The van der Waals surface area contributed by atoms with Gasteiger partial charge in [0.15, 0.2) is 0 Å². The molecule has 1 unspecified atom stereocenters. The third-order valence-electron chi connectivity index (χ3n) is 6.37. The zero-order valence-corrected chi connectivity index (χ0v) is 15.7. The highest BCUT2D eigenvalue weighted by atomic mass is 16.3. The van der Waals surface area contributed by atoms with Gasteiger partial charge >= 0.3 is 0 Å². The number of carbonyl (C=O) groups is 1. The van der Waals surface area contributed by atoms with Crippen molar-refractivity contribution in [1.29, 1.82) is 0 Å². The van der Waals surface area contributed by atoms with Crippen molar-refractivity contribution in [1.82, 2.24) is 5.32 Å². The van der Waals surface area contributed by atoms with Gasteiger partial charge < -0.3 is 9.73 Å². The first kappa shape index (κ1) is 16.4. The monoisotopic (exact) mass is 357 g/mol. The number of hydrogen-bond donors (Lipinski definition) is 1. The fourth-order valence-corrected chi connectivity index (χ4v) is 5.14. The molecular weight excluding hydrogens is 334 g/mol. The van der Waals surface area contributed by atoms with Gasteiger partial charge in [-0.3, -0.25) is 4.79 Å². The van der Waals surface area contributed by atoms with E-state index in [-0.39, 0.29) is 17.7 Å². The van der Waals surface area contributed by atoms with Crippen LogP contribution in [0, 0.1) is 12.3 Å². The quantitative estimate of drug-likeness (QED) is 0.725. The molecule has 0 saturated carbocycles. The van der Waals surface area contributed by atoms with Crippen LogP contribution in [0.15, 0.2) is 65.1 Å². The lowest BCUT2D eigenvalue weighted by atomic mass is 9.52. The Labute approximate surface area is 159 Å². The Balaban J connectivity index is 1.53. The van der Waals surface area contributed by atoms with Crippen LogP contribution in [0.1, 0.15) is 59.0 Å². The van der Waals surface area contributed by atoms with E-state index in [0.29, 0.717) is 6.54 Å². The van der Waals surface area contributed by atoms with Crippen molar-refractivity contribution in [2.24, 2.45) is 5.41 Å². The summed E-state index contributed by atoms with van der Waals surface area (Å²) in [5.41, 5.74) is 4.91. The van der Waals surface area contributed by atoms with Crippen LogP contribution in [0.25, 0.3) is 0 Å². The molecule has 0 aliphatic heterocycles. The Morgan fingerprint density at radius 2 is 1.59 bits per heavy atom. The van der Waals surface area contributed by atoms with E-state index in [9.17, 15) is 4.79 Å². The summed E-state index contributed by atoms with van der Waals surface area (Å²) in [6.07, 6.45) is 0.842. The highest BCUT2D eigenvalue weighted by Gasteiger charge is 2.53. The number of fused-ring (bicyclic) bond motifs is 1. The van der Waals surface area contributed by atoms with Crippen LogP contribution in [0.3, 0.4) is 0 Å². The lowest BCUT2D eigenvalue weighted by Gasteiger charge is -2.50. The maximum atomic E-state index is 13.4. The van der Waals surface area contributed by atoms with Crippen LogP contribution in [-0.4, -0.2) is 5.91 Å². The van der Waals surface area contributed by atoms with Gasteiger partial charge in [-0.25, -0.2) is 0 Å². The average molecular weight is 357 g/mol. The molecule has 1 heterocycles. The topological polar surface area (TPSA) is 42.2 Å². The first-order valence-electron chi connectivity index (χ1n) is 9.59. The molecule has 3 nitrogen and oxygen atoms in total. The zero-order chi connectivity index (χ0) is 18.6. The summed E-state index contributed by atoms with van der Waals surface area (Å²) in [6.45, 7) is 4.48. The third kappa shape index (κ3) is 2.38. The molecule has 3 aliphatic carbocycles. The van der Waals surface area contributed by atoms with Crippen molar-refractivity contribution >= 4 is 5.91 Å². The molecule has 1 N–H and O–H groups in total. The van der Waals surface area contributed by atoms with E-state index >= 15 is 0 Å². The van der Waals surface area contributed by atoms with Gasteiger partial charge in [0, 0.05) is 11.8 Å². The van der Waals surface area contributed by atoms with Crippen LogP contribution < -0.4 is 5.32 Å². The summed E-state index contributed by atoms with van der Waals surface area (Å²) in [5, 5.41) is 3.14. The molecule has 3 heteroatoms. The van der Waals surface area contributed by atoms with Crippen LogP contribution in [0.2, 0.25) is 0 Å². The molecule has 136 valence electrons. The predicted molar refractivity (Wildman–Crippen MR) is 105 cm³/mol. The van der Waals surface area contributed by atoms with Crippen LogP contribution in [0.4, 0.5) is 0 Å². The molecule has 1 aromatic heterocycles. The number of hydrogen-bond acceptors (Lipinski definition) is 2. The van der Waals surface area contributed by atoms with Crippen LogP contribution in [-0.2, 0) is 11.3 Å². The van der Waals surface area contributed by atoms with E-state index in [4.69, 9.17) is 4.42 Å². The normalized spacial score (nSPS) is 25.0. The number of benzene rings is 2. The third-order valence-corrected chi connectivity index (χ3v) is 6.37. The largest absolute Gasteiger partial charge is 0.465 e. The molecule has 2 aromatic carbocycles. The molecule has 0 saturated heterocycles. The van der Waals surface area contributed by atoms with Crippen LogP contribution in [0.5, 0.6) is 0 Å². The second kappa shape index (κ2) is 5.85. The van der Waals surface area contributed by atoms with Gasteiger partial charge in [-0.2, -0.15) is 0 Å². The number of nitrogens with one attached hydrogen (secondary N) is 1. The molecule has 3 aliphatic rings. The first-order chi connectivity index (χ1) is 13.1. The second-order valence-corrected chi connectivity index (χ2v) is 8.06. The van der Waals surface area contributed by atoms with Gasteiger partial charge in [0.1, 0.15) is 11.5 Å². The maximum Gasteiger partial charge on any atom is 0.227 e. The summed E-state index contributed by atoms with van der Waals surface area (Å²) >= 11 is 0. The van der Waals surface area contributed by atoms with Crippen molar-refractivity contribution in [3.8, 4) is 0 Å². The molecule has 1 amide bonds. The predicted octanol–water partition coefficient (Wildman–Crippen LogP) is 4.89. The van der Waals surface area contributed by atoms with E-state index < -0.39 is 5.41 Å². The summed E-state index contributed by atoms with van der Waals surface area (Å²) in [5.74, 6) is 2.14. The molecule has 6 rings (SSSR count). The van der Waals surface area contributed by atoms with Crippen molar-refractivity contribution in [3.63, 3.8) is 0 Å². The molecule has 0 radical (unpaired) electrons. The lowest BCUT2D eigenvalue weighted by molar-refractivity contribution is -0.132. The Hall–Kier alpha value is -2.81. The summed E-state index contributed by atoms with van der Waals surface area (Å²) in [4.78, 5) is 13.4. The second-order valence-electron chi connectivity index (χ2n) is 8.06. The highest BCUT2D eigenvalue weighted by Crippen LogP contribution is 2.60. The standard InChI is InChI=1S/C24H23NO2/c1-15-11-12-16(27-15)14-25-23(26)24(2)13-21-17-7-3-5-9-19(17)22(24)20-10-6-4-8-18(20)21/h3-12,21-22H,13-14H2,1-2H3,(H,25,26). The Morgan fingerprint density at radius 3 is 2.15 bits per heavy atom. The fraction of sp³-hybridized carbons (Fsp3) is 0.292. The van der Waals surface area contributed by atoms with Crippen molar-refractivity contribution in [3.05, 3.63) is 94.4 Å². The molecule has 2 bridgehead atoms. The minimum atomic E-state index is -0.463. The maximum absolute atomic E-state index is 13.4. The smallest absolute Gasteiger partial charge is 0.227 e. The number of carbonyl (C=O) groups excluding carboxylic acids is 1. The SMILES string of the molecule is Cc1ccc(CNC(=O)C2(C)CC3c4ccccc4C2c2ccccc23)o1. The first-order valence-corrected chi connectivity index (χ1v) is 9.59. The van der Waals surface area contributed by atoms with E-state index in [1.165, 1.54) is 22.3 Å². The van der Waals surface area contributed by atoms with Gasteiger partial charge in [-0.05, 0) is 54.7 Å². The van der Waals surface area contributed by atoms with Gasteiger partial charge in [0.05, 0.1) is 12.0 Å². The number of rotatable bonds is 3. The number of furan rings is 1. The van der Waals surface area contributed by atoms with Gasteiger partial charge in [0.25, 0.3) is 0 Å². The molecular formula is C24H23NO2. The average Bonchev–Trinajstić information content (AvgIpc) is 3.11. The molecule has 27 heavy (non-hydrogen) atoms. The molecule has 0 spiro atoms. The van der Waals surface area contributed by atoms with Gasteiger partial charge in [-0.15, -0.1) is 0 Å². The lowest BCUT2D eigenvalue weighted by Crippen LogP contribution is -2.49. The Bertz CT molecular complexity index is 987. The van der Waals surface area contributed by atoms with E-state index in [0.717, 1.165) is 17.9 Å². The molecule has 3 aromatic rings. The van der Waals surface area contributed by atoms with Crippen molar-refractivity contribution in [2.45, 2.75) is 38.6 Å². The van der Waals surface area contributed by atoms with E-state index in [1.807, 2.05) is 19.1 Å². The molecule has 0 fully saturated rings. The Kier molecular flexibility index (Phi) is 3.55. The molecule has 1 atom stereocenters. The number of aryl methyl sites for hydroxylation is 1. The minimum Gasteiger partial charge on any atom is -0.465 e. The van der Waals surface area contributed by atoms with Gasteiger partial charge in [-0.1, -0.05) is 48.5 Å². The summed E-state index contributed by atoms with van der Waals surface area (Å²) in [6, 6.07) is 21.1. The van der Waals surface area contributed by atoms with Crippen LogP contribution >= 0.6 is 0 Å². The number of amides is 1. The van der Waals surface area contributed by atoms with Crippen molar-refractivity contribution in [2.75, 3.05) is 0 Å². The van der Waals surface area contributed by atoms with E-state index in [2.05, 4.69) is 60.8 Å². The highest BCUT2D eigenvalue weighted by molar-refractivity contribution is 5.86. The van der Waals surface area contributed by atoms with E-state index in [1.54, 1.807) is 0 Å². The minimum absolute atomic E-state index is 0.0910. The summed E-state index contributed by atoms with van der Waals surface area (Å²) < 4.78 is 5.61. The van der Waals surface area contributed by atoms with Crippen molar-refractivity contribution < 1.29 is 9.21 Å². The van der Waals surface area contributed by atoms with Gasteiger partial charge in [0.2, 0.25) is 5.91 Å².